The maximum absolute atomic E-state index is 13.4. The second-order valence-electron chi connectivity index (χ2n) is 8.40. The van der Waals surface area contributed by atoms with E-state index >= 15 is 0 Å². The van der Waals surface area contributed by atoms with Crippen LogP contribution in [0.15, 0.2) is 67.2 Å². The molecule has 0 spiro atoms. The van der Waals surface area contributed by atoms with Crippen molar-refractivity contribution in [3.8, 4) is 5.95 Å². The second kappa shape index (κ2) is 9.92. The molecule has 1 aromatic carbocycles. The number of benzene rings is 1. The van der Waals surface area contributed by atoms with Crippen molar-refractivity contribution in [2.45, 2.75) is 39.2 Å². The first-order chi connectivity index (χ1) is 15.6. The van der Waals surface area contributed by atoms with Crippen LogP contribution in [0.2, 0.25) is 0 Å². The number of aryl methyl sites for hydroxylation is 1. The molecule has 1 aliphatic rings. The number of likely N-dealkylation sites (tertiary alicyclic amines) is 1. The minimum absolute atomic E-state index is 0.0765. The largest absolute Gasteiger partial charge is 0.350 e. The van der Waals surface area contributed by atoms with Gasteiger partial charge in [0.2, 0.25) is 5.95 Å². The molecular formula is C26H31N5O. The first-order valence-corrected chi connectivity index (χ1v) is 11.3. The molecule has 1 saturated heterocycles. The monoisotopic (exact) mass is 429 g/mol. The van der Waals surface area contributed by atoms with Crippen LogP contribution in [0.25, 0.3) is 16.9 Å². The summed E-state index contributed by atoms with van der Waals surface area (Å²) in [5.74, 6) is 0.477. The smallest absolute Gasteiger partial charge is 0.253 e. The molecule has 1 aliphatic heterocycles. The molecule has 3 aromatic rings. The van der Waals surface area contributed by atoms with Crippen molar-refractivity contribution in [2.24, 2.45) is 0 Å². The van der Waals surface area contributed by atoms with E-state index in [1.54, 1.807) is 18.5 Å². The Hall–Kier alpha value is -3.25. The number of fused-ring (bicyclic) bond motifs is 1. The molecule has 32 heavy (non-hydrogen) atoms. The van der Waals surface area contributed by atoms with Gasteiger partial charge in [-0.25, -0.2) is 9.97 Å². The highest BCUT2D eigenvalue weighted by Crippen LogP contribution is 2.27. The Balaban J connectivity index is 1.63. The fourth-order valence-electron chi connectivity index (χ4n) is 4.61. The predicted octanol–water partition coefficient (Wildman–Crippen LogP) is 4.45. The quantitative estimate of drug-likeness (QED) is 0.564. The molecule has 6 nitrogen and oxygen atoms in total. The number of piperidine rings is 1. The van der Waals surface area contributed by atoms with E-state index in [4.69, 9.17) is 0 Å². The summed E-state index contributed by atoms with van der Waals surface area (Å²) in [6.45, 7) is 10.7. The number of nitrogens with one attached hydrogen (secondary N) is 1. The molecule has 6 heteroatoms. The van der Waals surface area contributed by atoms with Gasteiger partial charge < -0.3 is 5.32 Å². The number of nitrogens with zero attached hydrogens (tertiary/aromatic N) is 4. The van der Waals surface area contributed by atoms with Gasteiger partial charge >= 0.3 is 0 Å². The molecule has 0 aliphatic carbocycles. The highest BCUT2D eigenvalue weighted by atomic mass is 16.1. The Morgan fingerprint density at radius 2 is 1.94 bits per heavy atom. The van der Waals surface area contributed by atoms with Gasteiger partial charge in [-0.3, -0.25) is 14.3 Å². The normalized spacial score (nSPS) is 16.1. The van der Waals surface area contributed by atoms with Crippen LogP contribution in [-0.2, 0) is 0 Å². The predicted molar refractivity (Wildman–Crippen MR) is 129 cm³/mol. The van der Waals surface area contributed by atoms with Crippen LogP contribution in [0.5, 0.6) is 0 Å². The lowest BCUT2D eigenvalue weighted by Crippen LogP contribution is -2.46. The SMILES string of the molecule is C=CC=C(C)C(CNC(=O)c1cn(-c2ncccn2)c2cccc(C)c12)N1CCCCC1. The molecule has 1 fully saturated rings. The Kier molecular flexibility index (Phi) is 6.81. The van der Waals surface area contributed by atoms with Crippen LogP contribution in [0.4, 0.5) is 0 Å². The van der Waals surface area contributed by atoms with Gasteiger partial charge in [-0.1, -0.05) is 42.9 Å². The average Bonchev–Trinajstić information content (AvgIpc) is 3.22. The lowest BCUT2D eigenvalue weighted by Gasteiger charge is -2.35. The Bertz CT molecular complexity index is 1130. The lowest BCUT2D eigenvalue weighted by molar-refractivity contribution is 0.0936. The van der Waals surface area contributed by atoms with Crippen LogP contribution in [-0.4, -0.2) is 51.0 Å². The van der Waals surface area contributed by atoms with Gasteiger partial charge in [-0.2, -0.15) is 0 Å². The number of hydrogen-bond donors (Lipinski definition) is 1. The maximum atomic E-state index is 13.4. The minimum Gasteiger partial charge on any atom is -0.350 e. The molecule has 0 bridgehead atoms. The van der Waals surface area contributed by atoms with Crippen molar-refractivity contribution in [2.75, 3.05) is 19.6 Å². The second-order valence-corrected chi connectivity index (χ2v) is 8.40. The van der Waals surface area contributed by atoms with Gasteiger partial charge in [0, 0.05) is 36.6 Å². The van der Waals surface area contributed by atoms with Crippen LogP contribution >= 0.6 is 0 Å². The van der Waals surface area contributed by atoms with E-state index in [-0.39, 0.29) is 11.9 Å². The van der Waals surface area contributed by atoms with E-state index in [1.807, 2.05) is 48.0 Å². The third-order valence-corrected chi connectivity index (χ3v) is 6.24. The molecule has 1 atom stereocenters. The van der Waals surface area contributed by atoms with Crippen molar-refractivity contribution < 1.29 is 4.79 Å². The summed E-state index contributed by atoms with van der Waals surface area (Å²) in [4.78, 5) is 24.6. The molecule has 1 amide bonds. The van der Waals surface area contributed by atoms with Crippen molar-refractivity contribution in [1.29, 1.82) is 0 Å². The number of carbonyl (C=O) groups excluding carboxylic acids is 1. The van der Waals surface area contributed by atoms with Crippen LogP contribution in [0.3, 0.4) is 0 Å². The summed E-state index contributed by atoms with van der Waals surface area (Å²) < 4.78 is 1.89. The zero-order chi connectivity index (χ0) is 22.5. The highest BCUT2D eigenvalue weighted by Gasteiger charge is 2.24. The summed E-state index contributed by atoms with van der Waals surface area (Å²) in [5, 5.41) is 4.15. The zero-order valence-corrected chi connectivity index (χ0v) is 18.9. The van der Waals surface area contributed by atoms with Crippen molar-refractivity contribution in [1.82, 2.24) is 24.8 Å². The van der Waals surface area contributed by atoms with E-state index in [0.29, 0.717) is 18.1 Å². The van der Waals surface area contributed by atoms with Gasteiger partial charge in [0.05, 0.1) is 11.1 Å². The Labute approximate surface area is 189 Å². The van der Waals surface area contributed by atoms with E-state index in [1.165, 1.54) is 24.8 Å². The highest BCUT2D eigenvalue weighted by molar-refractivity contribution is 6.08. The van der Waals surface area contributed by atoms with Crippen LogP contribution in [0.1, 0.15) is 42.1 Å². The first-order valence-electron chi connectivity index (χ1n) is 11.3. The van der Waals surface area contributed by atoms with Gasteiger partial charge in [0.1, 0.15) is 0 Å². The summed E-state index contributed by atoms with van der Waals surface area (Å²) in [6, 6.07) is 7.98. The minimum atomic E-state index is -0.0765. The van der Waals surface area contributed by atoms with E-state index in [2.05, 4.69) is 33.7 Å². The lowest BCUT2D eigenvalue weighted by atomic mass is 10.0. The molecule has 1 N–H and O–H groups in total. The third-order valence-electron chi connectivity index (χ3n) is 6.24. The number of aromatic nitrogens is 3. The fraction of sp³-hybridized carbons (Fsp3) is 0.346. The summed E-state index contributed by atoms with van der Waals surface area (Å²) >= 11 is 0. The molecular weight excluding hydrogens is 398 g/mol. The molecule has 2 aromatic heterocycles. The molecule has 0 saturated carbocycles. The zero-order valence-electron chi connectivity index (χ0n) is 18.9. The Morgan fingerprint density at radius 1 is 1.19 bits per heavy atom. The summed E-state index contributed by atoms with van der Waals surface area (Å²) in [5.41, 5.74) is 3.85. The molecule has 1 unspecified atom stereocenters. The van der Waals surface area contributed by atoms with E-state index < -0.39 is 0 Å². The molecule has 4 rings (SSSR count). The standard InChI is InChI=1S/C26H31N5O/c1-4-10-19(2)23(30-15-6-5-7-16-30)17-29-25(32)21-18-31(26-27-13-9-14-28-26)22-12-8-11-20(3)24(21)22/h4,8-14,18,23H,1,5-7,15-17H2,2-3H3,(H,29,32). The third kappa shape index (κ3) is 4.50. The fourth-order valence-corrected chi connectivity index (χ4v) is 4.61. The van der Waals surface area contributed by atoms with Gasteiger partial charge in [-0.05, 0) is 57.5 Å². The Morgan fingerprint density at radius 3 is 2.66 bits per heavy atom. The topological polar surface area (TPSA) is 63.1 Å². The molecule has 166 valence electrons. The summed E-state index contributed by atoms with van der Waals surface area (Å²) in [6.07, 6.45) is 12.8. The number of amides is 1. The first kappa shape index (κ1) is 22.0. The van der Waals surface area contributed by atoms with Crippen molar-refractivity contribution in [3.63, 3.8) is 0 Å². The van der Waals surface area contributed by atoms with Crippen molar-refractivity contribution in [3.05, 3.63) is 78.3 Å². The van der Waals surface area contributed by atoms with Gasteiger partial charge in [-0.15, -0.1) is 0 Å². The number of rotatable bonds is 7. The van der Waals surface area contributed by atoms with E-state index in [9.17, 15) is 4.79 Å². The number of hydrogen-bond acceptors (Lipinski definition) is 4. The van der Waals surface area contributed by atoms with E-state index in [0.717, 1.165) is 29.6 Å². The van der Waals surface area contributed by atoms with Crippen LogP contribution < -0.4 is 5.32 Å². The maximum Gasteiger partial charge on any atom is 0.253 e. The summed E-state index contributed by atoms with van der Waals surface area (Å²) in [7, 11) is 0. The average molecular weight is 430 g/mol. The number of carbonyl (C=O) groups is 1. The van der Waals surface area contributed by atoms with Gasteiger partial charge in [0.25, 0.3) is 5.91 Å². The number of allylic oxidation sites excluding steroid dienone is 2. The molecule has 0 radical (unpaired) electrons. The molecule has 3 heterocycles. The van der Waals surface area contributed by atoms with Gasteiger partial charge in [0.15, 0.2) is 0 Å². The van der Waals surface area contributed by atoms with Crippen molar-refractivity contribution >= 4 is 16.8 Å². The van der Waals surface area contributed by atoms with Crippen LogP contribution in [0, 0.1) is 6.92 Å².